The van der Waals surface area contributed by atoms with Crippen LogP contribution in [0.4, 0.5) is 0 Å². The second kappa shape index (κ2) is 6.68. The molecule has 6 nitrogen and oxygen atoms in total. The highest BCUT2D eigenvalue weighted by Gasteiger charge is 2.34. The Hall–Kier alpha value is -0.240. The number of rotatable bonds is 0. The van der Waals surface area contributed by atoms with E-state index < -0.39 is 12.2 Å². The number of hydrogen-bond acceptors (Lipinski definition) is 6. The second-order valence-electron chi connectivity index (χ2n) is 6.23. The van der Waals surface area contributed by atoms with Crippen molar-refractivity contribution in [1.29, 1.82) is 0 Å². The van der Waals surface area contributed by atoms with E-state index in [9.17, 15) is 10.2 Å². The van der Waals surface area contributed by atoms with Gasteiger partial charge in [-0.1, -0.05) is 0 Å². The van der Waals surface area contributed by atoms with Crippen LogP contribution in [0, 0.1) is 0 Å². The fraction of sp³-hybridized carbons (Fsp3) is 1.00. The minimum atomic E-state index is -0.420. The van der Waals surface area contributed by atoms with Gasteiger partial charge in [-0.05, 0) is 12.8 Å². The van der Waals surface area contributed by atoms with Crippen molar-refractivity contribution in [2.75, 3.05) is 52.5 Å². The molecule has 4 unspecified atom stereocenters. The van der Waals surface area contributed by atoms with Crippen LogP contribution in [0.2, 0.25) is 0 Å². The third-order valence-electron chi connectivity index (χ3n) is 4.56. The molecule has 1 aliphatic carbocycles. The number of piperazine rings is 1. The Morgan fingerprint density at radius 2 is 1.10 bits per heavy atom. The summed E-state index contributed by atoms with van der Waals surface area (Å²) in [6, 6.07) is 0. The summed E-state index contributed by atoms with van der Waals surface area (Å²) in [6.45, 7) is 5.88. The van der Waals surface area contributed by atoms with E-state index in [4.69, 9.17) is 9.47 Å². The molecule has 4 aliphatic rings. The molecule has 0 aromatic heterocycles. The third-order valence-corrected chi connectivity index (χ3v) is 4.56. The number of ether oxygens (including phenoxy) is 2. The molecule has 2 N–H and O–H groups in total. The molecule has 20 heavy (non-hydrogen) atoms. The summed E-state index contributed by atoms with van der Waals surface area (Å²) >= 11 is 0. The third kappa shape index (κ3) is 3.69. The zero-order valence-corrected chi connectivity index (χ0v) is 12.0. The zero-order chi connectivity index (χ0) is 13.9. The van der Waals surface area contributed by atoms with E-state index in [2.05, 4.69) is 9.80 Å². The van der Waals surface area contributed by atoms with Gasteiger partial charge < -0.3 is 19.7 Å². The summed E-state index contributed by atoms with van der Waals surface area (Å²) < 4.78 is 11.5. The molecule has 3 aliphatic heterocycles. The van der Waals surface area contributed by atoms with Gasteiger partial charge in [-0.15, -0.1) is 0 Å². The first kappa shape index (κ1) is 14.7. The lowest BCUT2D eigenvalue weighted by molar-refractivity contribution is -0.156. The highest BCUT2D eigenvalue weighted by Crippen LogP contribution is 2.27. The fourth-order valence-corrected chi connectivity index (χ4v) is 3.15. The first-order chi connectivity index (χ1) is 9.70. The maximum atomic E-state index is 10.0. The Bertz CT molecular complexity index is 280. The normalized spacial score (nSPS) is 47.1. The van der Waals surface area contributed by atoms with E-state index in [0.29, 0.717) is 26.3 Å². The molecular weight excluding hydrogens is 260 g/mol. The van der Waals surface area contributed by atoms with Gasteiger partial charge in [0.2, 0.25) is 0 Å². The summed E-state index contributed by atoms with van der Waals surface area (Å²) in [5.41, 5.74) is 0. The van der Waals surface area contributed by atoms with Crippen LogP contribution in [0.25, 0.3) is 0 Å². The van der Waals surface area contributed by atoms with E-state index in [1.165, 1.54) is 0 Å². The van der Waals surface area contributed by atoms with Crippen molar-refractivity contribution >= 4 is 0 Å². The Morgan fingerprint density at radius 3 is 1.45 bits per heavy atom. The van der Waals surface area contributed by atoms with Gasteiger partial charge in [0.1, 0.15) is 0 Å². The van der Waals surface area contributed by atoms with E-state index in [0.717, 1.165) is 39.0 Å². The van der Waals surface area contributed by atoms with Crippen molar-refractivity contribution in [3.63, 3.8) is 0 Å². The van der Waals surface area contributed by atoms with Crippen LogP contribution in [-0.4, -0.2) is 96.9 Å². The van der Waals surface area contributed by atoms with Crippen LogP contribution < -0.4 is 0 Å². The Morgan fingerprint density at radius 1 is 0.700 bits per heavy atom. The van der Waals surface area contributed by atoms with Gasteiger partial charge in [0.15, 0.2) is 0 Å². The molecule has 0 radical (unpaired) electrons. The fourth-order valence-electron chi connectivity index (χ4n) is 3.15. The number of fused-ring (bicyclic) bond motifs is 8. The Kier molecular flexibility index (Phi) is 4.91. The average molecular weight is 286 g/mol. The van der Waals surface area contributed by atoms with Crippen molar-refractivity contribution < 1.29 is 19.7 Å². The van der Waals surface area contributed by atoms with Crippen molar-refractivity contribution in [3.05, 3.63) is 0 Å². The van der Waals surface area contributed by atoms with Crippen LogP contribution in [0.1, 0.15) is 12.8 Å². The second-order valence-corrected chi connectivity index (χ2v) is 6.23. The molecule has 0 spiro atoms. The van der Waals surface area contributed by atoms with Crippen molar-refractivity contribution in [1.82, 2.24) is 9.80 Å². The molecule has 4 rings (SSSR count). The Balaban J connectivity index is 1.58. The zero-order valence-electron chi connectivity index (χ0n) is 12.0. The lowest BCUT2D eigenvalue weighted by Gasteiger charge is -2.40. The van der Waals surface area contributed by atoms with E-state index in [1.54, 1.807) is 0 Å². The molecule has 2 bridgehead atoms. The molecule has 6 heteroatoms. The lowest BCUT2D eigenvalue weighted by Crippen LogP contribution is -2.52. The smallest absolute Gasteiger partial charge is 0.0900 e. The van der Waals surface area contributed by atoms with Crippen LogP contribution in [0.3, 0.4) is 0 Å². The summed E-state index contributed by atoms with van der Waals surface area (Å²) in [4.78, 5) is 4.55. The maximum absolute atomic E-state index is 10.0. The van der Waals surface area contributed by atoms with Gasteiger partial charge in [-0.3, -0.25) is 9.80 Å². The van der Waals surface area contributed by atoms with E-state index in [1.807, 2.05) is 0 Å². The van der Waals surface area contributed by atoms with Gasteiger partial charge >= 0.3 is 0 Å². The summed E-state index contributed by atoms with van der Waals surface area (Å²) in [5, 5.41) is 20.1. The lowest BCUT2D eigenvalue weighted by atomic mass is 9.91. The van der Waals surface area contributed by atoms with Crippen LogP contribution >= 0.6 is 0 Å². The Labute approximate surface area is 120 Å². The summed E-state index contributed by atoms with van der Waals surface area (Å²) in [5.74, 6) is 0. The van der Waals surface area contributed by atoms with Gasteiger partial charge in [-0.25, -0.2) is 0 Å². The molecule has 0 aromatic rings. The predicted octanol–water partition coefficient (Wildman–Crippen LogP) is -1.10. The average Bonchev–Trinajstić information content (AvgIpc) is 2.39. The molecule has 3 heterocycles. The van der Waals surface area contributed by atoms with E-state index >= 15 is 0 Å². The monoisotopic (exact) mass is 286 g/mol. The highest BCUT2D eigenvalue weighted by atomic mass is 16.6. The van der Waals surface area contributed by atoms with Crippen LogP contribution in [-0.2, 0) is 9.47 Å². The van der Waals surface area contributed by atoms with Gasteiger partial charge in [0.05, 0.1) is 37.6 Å². The SMILES string of the molecule is OC1COC2CCC2OCC(O)CN2CCN(CC2)C1. The summed E-state index contributed by atoms with van der Waals surface area (Å²) in [6.07, 6.45) is 1.32. The molecule has 116 valence electrons. The van der Waals surface area contributed by atoms with Gasteiger partial charge in [-0.2, -0.15) is 0 Å². The number of hydrogen-bond donors (Lipinski definition) is 2. The molecule has 0 aromatic carbocycles. The minimum Gasteiger partial charge on any atom is -0.389 e. The standard InChI is InChI=1S/C14H26N2O4/c17-11-7-15-3-5-16(6-4-15)8-12(18)10-20-14-2-1-13(14)19-9-11/h11-14,17-18H,1-10H2. The van der Waals surface area contributed by atoms with Gasteiger partial charge in [0, 0.05) is 39.3 Å². The summed E-state index contributed by atoms with van der Waals surface area (Å²) in [7, 11) is 0. The molecule has 3 saturated heterocycles. The molecule has 1 saturated carbocycles. The number of aliphatic hydroxyl groups is 2. The van der Waals surface area contributed by atoms with Crippen LogP contribution in [0.5, 0.6) is 0 Å². The topological polar surface area (TPSA) is 65.4 Å². The number of aliphatic hydroxyl groups excluding tert-OH is 2. The van der Waals surface area contributed by atoms with E-state index in [-0.39, 0.29) is 12.2 Å². The molecule has 4 fully saturated rings. The minimum absolute atomic E-state index is 0.0901. The maximum Gasteiger partial charge on any atom is 0.0900 e. The molecular formula is C14H26N2O4. The largest absolute Gasteiger partial charge is 0.389 e. The number of nitrogens with zero attached hydrogens (tertiary/aromatic N) is 2. The quantitative estimate of drug-likeness (QED) is 0.589. The van der Waals surface area contributed by atoms with Gasteiger partial charge in [0.25, 0.3) is 0 Å². The first-order valence-electron chi connectivity index (χ1n) is 7.75. The molecule has 4 atom stereocenters. The first-order valence-corrected chi connectivity index (χ1v) is 7.75. The van der Waals surface area contributed by atoms with Crippen molar-refractivity contribution in [2.24, 2.45) is 0 Å². The van der Waals surface area contributed by atoms with Crippen LogP contribution in [0.15, 0.2) is 0 Å². The van der Waals surface area contributed by atoms with Crippen molar-refractivity contribution in [2.45, 2.75) is 37.3 Å². The highest BCUT2D eigenvalue weighted by molar-refractivity contribution is 4.84. The molecule has 0 amide bonds. The van der Waals surface area contributed by atoms with Crippen molar-refractivity contribution in [3.8, 4) is 0 Å². The predicted molar refractivity (Wildman–Crippen MR) is 73.6 cm³/mol.